The van der Waals surface area contributed by atoms with Crippen molar-refractivity contribution in [3.8, 4) is 0 Å². The zero-order valence-corrected chi connectivity index (χ0v) is 9.96. The van der Waals surface area contributed by atoms with Crippen molar-refractivity contribution in [1.82, 2.24) is 4.90 Å². The number of carbonyl (C=O) groups is 2. The van der Waals surface area contributed by atoms with Crippen molar-refractivity contribution >= 4 is 11.8 Å². The predicted molar refractivity (Wildman–Crippen MR) is 61.0 cm³/mol. The van der Waals surface area contributed by atoms with Gasteiger partial charge in [0.05, 0.1) is 24.0 Å². The van der Waals surface area contributed by atoms with Crippen LogP contribution in [-0.2, 0) is 14.3 Å². The number of imide groups is 1. The Morgan fingerprint density at radius 3 is 2.24 bits per heavy atom. The molecule has 2 bridgehead atoms. The summed E-state index contributed by atoms with van der Waals surface area (Å²) in [5, 5.41) is 0. The number of rotatable bonds is 4. The van der Waals surface area contributed by atoms with E-state index in [2.05, 4.69) is 6.92 Å². The summed E-state index contributed by atoms with van der Waals surface area (Å²) in [6.45, 7) is 2.69. The van der Waals surface area contributed by atoms with Gasteiger partial charge in [-0.2, -0.15) is 0 Å². The fraction of sp³-hybridized carbons (Fsp3) is 0.692. The normalized spacial score (nSPS) is 38.3. The minimum atomic E-state index is -0.237. The van der Waals surface area contributed by atoms with Gasteiger partial charge in [0, 0.05) is 6.54 Å². The van der Waals surface area contributed by atoms with E-state index in [9.17, 15) is 9.59 Å². The fourth-order valence-corrected chi connectivity index (χ4v) is 3.11. The lowest BCUT2D eigenvalue weighted by Gasteiger charge is -2.17. The maximum atomic E-state index is 12.2. The molecule has 2 fully saturated rings. The second-order valence-electron chi connectivity index (χ2n) is 5.04. The van der Waals surface area contributed by atoms with Gasteiger partial charge in [-0.1, -0.05) is 31.9 Å². The van der Waals surface area contributed by atoms with Gasteiger partial charge in [0.1, 0.15) is 0 Å². The van der Waals surface area contributed by atoms with Crippen molar-refractivity contribution in [2.24, 2.45) is 11.8 Å². The molecular formula is C13H17NO3. The molecular weight excluding hydrogens is 218 g/mol. The Morgan fingerprint density at radius 2 is 1.71 bits per heavy atom. The quantitative estimate of drug-likeness (QED) is 0.416. The minimum absolute atomic E-state index is 0.0204. The molecule has 0 spiro atoms. The second kappa shape index (κ2) is 3.95. The lowest BCUT2D eigenvalue weighted by atomic mass is 9.85. The van der Waals surface area contributed by atoms with E-state index in [1.807, 2.05) is 12.2 Å². The summed E-state index contributed by atoms with van der Waals surface area (Å²) >= 11 is 0. The lowest BCUT2D eigenvalue weighted by molar-refractivity contribution is -0.142. The van der Waals surface area contributed by atoms with Crippen LogP contribution in [0, 0.1) is 11.8 Å². The average Bonchev–Trinajstić information content (AvgIpc) is 2.97. The van der Waals surface area contributed by atoms with E-state index in [1.54, 1.807) is 0 Å². The topological polar surface area (TPSA) is 46.6 Å². The molecule has 17 heavy (non-hydrogen) atoms. The first kappa shape index (κ1) is 11.0. The zero-order chi connectivity index (χ0) is 12.0. The number of fused-ring (bicyclic) bond motifs is 5. The molecule has 3 rings (SSSR count). The molecule has 2 saturated heterocycles. The van der Waals surface area contributed by atoms with Crippen molar-refractivity contribution in [3.63, 3.8) is 0 Å². The van der Waals surface area contributed by atoms with Crippen LogP contribution in [0.5, 0.6) is 0 Å². The van der Waals surface area contributed by atoms with E-state index in [0.29, 0.717) is 6.54 Å². The fourth-order valence-electron chi connectivity index (χ4n) is 3.11. The summed E-state index contributed by atoms with van der Waals surface area (Å²) in [5.41, 5.74) is 0. The number of unbranched alkanes of at least 4 members (excludes halogenated alkanes) is 2. The highest BCUT2D eigenvalue weighted by atomic mass is 16.5. The van der Waals surface area contributed by atoms with Gasteiger partial charge in [-0.3, -0.25) is 14.5 Å². The van der Waals surface area contributed by atoms with Crippen molar-refractivity contribution < 1.29 is 14.3 Å². The number of carbonyl (C=O) groups excluding carboxylic acids is 2. The van der Waals surface area contributed by atoms with Crippen molar-refractivity contribution in [2.75, 3.05) is 6.54 Å². The molecule has 0 aromatic carbocycles. The Kier molecular flexibility index (Phi) is 2.54. The average molecular weight is 235 g/mol. The molecule has 0 saturated carbocycles. The molecule has 4 nitrogen and oxygen atoms in total. The highest BCUT2D eigenvalue weighted by Crippen LogP contribution is 2.44. The second-order valence-corrected chi connectivity index (χ2v) is 5.04. The van der Waals surface area contributed by atoms with Gasteiger partial charge < -0.3 is 4.74 Å². The smallest absolute Gasteiger partial charge is 0.236 e. The first-order chi connectivity index (χ1) is 8.24. The van der Waals surface area contributed by atoms with Crippen LogP contribution in [0.4, 0.5) is 0 Å². The van der Waals surface area contributed by atoms with E-state index < -0.39 is 0 Å². The number of amides is 2. The van der Waals surface area contributed by atoms with Gasteiger partial charge in [0.25, 0.3) is 0 Å². The zero-order valence-electron chi connectivity index (χ0n) is 9.96. The predicted octanol–water partition coefficient (Wildman–Crippen LogP) is 1.11. The summed E-state index contributed by atoms with van der Waals surface area (Å²) in [4.78, 5) is 25.8. The summed E-state index contributed by atoms with van der Waals surface area (Å²) in [6, 6.07) is 0. The van der Waals surface area contributed by atoms with E-state index in [-0.39, 0.29) is 35.9 Å². The molecule has 0 unspecified atom stereocenters. The van der Waals surface area contributed by atoms with Gasteiger partial charge in [-0.25, -0.2) is 0 Å². The number of nitrogens with zero attached hydrogens (tertiary/aromatic N) is 1. The van der Waals surface area contributed by atoms with Crippen LogP contribution in [0.25, 0.3) is 0 Å². The summed E-state index contributed by atoms with van der Waals surface area (Å²) in [6.07, 6.45) is 6.61. The Bertz CT molecular complexity index is 360. The minimum Gasteiger partial charge on any atom is -0.365 e. The molecule has 0 aromatic rings. The number of ether oxygens (including phenoxy) is 1. The Hall–Kier alpha value is -1.16. The molecule has 0 aromatic heterocycles. The van der Waals surface area contributed by atoms with Gasteiger partial charge in [0.2, 0.25) is 11.8 Å². The first-order valence-corrected chi connectivity index (χ1v) is 6.43. The summed E-state index contributed by atoms with van der Waals surface area (Å²) in [5.74, 6) is -0.515. The molecule has 2 amide bonds. The van der Waals surface area contributed by atoms with Crippen LogP contribution in [0.15, 0.2) is 12.2 Å². The van der Waals surface area contributed by atoms with Crippen molar-refractivity contribution in [1.29, 1.82) is 0 Å². The summed E-state index contributed by atoms with van der Waals surface area (Å²) < 4.78 is 5.57. The molecule has 0 N–H and O–H groups in total. The SMILES string of the molecule is CCCCCN1C(=O)[C@@H]2[C@H](C1=O)[C@H]1C=C[C@@H]2O1. The van der Waals surface area contributed by atoms with Crippen LogP contribution in [-0.4, -0.2) is 35.5 Å². The van der Waals surface area contributed by atoms with Crippen LogP contribution in [0.3, 0.4) is 0 Å². The van der Waals surface area contributed by atoms with E-state index in [4.69, 9.17) is 4.74 Å². The van der Waals surface area contributed by atoms with Gasteiger partial charge in [0.15, 0.2) is 0 Å². The maximum Gasteiger partial charge on any atom is 0.236 e. The number of likely N-dealkylation sites (tertiary alicyclic amines) is 1. The third kappa shape index (κ3) is 1.47. The van der Waals surface area contributed by atoms with Gasteiger partial charge in [-0.15, -0.1) is 0 Å². The number of hydrogen-bond donors (Lipinski definition) is 0. The standard InChI is InChI=1S/C13H17NO3/c1-2-3-4-7-14-12(15)10-8-5-6-9(17-8)11(10)13(14)16/h5-6,8-11H,2-4,7H2,1H3/t8-,9+,10-,11+. The van der Waals surface area contributed by atoms with Crippen LogP contribution in [0.2, 0.25) is 0 Å². The molecule has 92 valence electrons. The molecule has 0 aliphatic carbocycles. The highest BCUT2D eigenvalue weighted by Gasteiger charge is 2.60. The molecule has 4 atom stereocenters. The van der Waals surface area contributed by atoms with E-state index >= 15 is 0 Å². The third-order valence-corrected chi connectivity index (χ3v) is 3.99. The molecule has 3 aliphatic rings. The lowest BCUT2D eigenvalue weighted by Crippen LogP contribution is -2.35. The van der Waals surface area contributed by atoms with Crippen molar-refractivity contribution in [3.05, 3.63) is 12.2 Å². The first-order valence-electron chi connectivity index (χ1n) is 6.43. The van der Waals surface area contributed by atoms with Gasteiger partial charge >= 0.3 is 0 Å². The van der Waals surface area contributed by atoms with Crippen LogP contribution in [0.1, 0.15) is 26.2 Å². The Labute approximate surface area is 101 Å². The van der Waals surface area contributed by atoms with E-state index in [0.717, 1.165) is 19.3 Å². The van der Waals surface area contributed by atoms with Crippen LogP contribution < -0.4 is 0 Å². The molecule has 3 aliphatic heterocycles. The van der Waals surface area contributed by atoms with Gasteiger partial charge in [-0.05, 0) is 6.42 Å². The van der Waals surface area contributed by atoms with Crippen LogP contribution >= 0.6 is 0 Å². The van der Waals surface area contributed by atoms with E-state index in [1.165, 1.54) is 4.90 Å². The Balaban J connectivity index is 1.74. The third-order valence-electron chi connectivity index (χ3n) is 3.99. The molecule has 4 heteroatoms. The number of hydrogen-bond acceptors (Lipinski definition) is 3. The largest absolute Gasteiger partial charge is 0.365 e. The monoisotopic (exact) mass is 235 g/mol. The maximum absolute atomic E-state index is 12.2. The highest BCUT2D eigenvalue weighted by molar-refractivity contribution is 6.06. The van der Waals surface area contributed by atoms with Crippen molar-refractivity contribution in [2.45, 2.75) is 38.4 Å². The molecule has 0 radical (unpaired) electrons. The Morgan fingerprint density at radius 1 is 1.12 bits per heavy atom. The molecule has 3 heterocycles. The summed E-state index contributed by atoms with van der Waals surface area (Å²) in [7, 11) is 0.